The van der Waals surface area contributed by atoms with Crippen LogP contribution in [0.3, 0.4) is 0 Å². The molecule has 0 aliphatic carbocycles. The zero-order chi connectivity index (χ0) is 18.5. The van der Waals surface area contributed by atoms with Crippen LogP contribution in [0.1, 0.15) is 28.8 Å². The summed E-state index contributed by atoms with van der Waals surface area (Å²) in [6.45, 7) is 3.12. The lowest BCUT2D eigenvalue weighted by atomic mass is 10.0. The number of carbonyl (C=O) groups is 2. The maximum absolute atomic E-state index is 12.5. The van der Waals surface area contributed by atoms with Gasteiger partial charge in [-0.15, -0.1) is 0 Å². The van der Waals surface area contributed by atoms with Crippen LogP contribution in [0.25, 0.3) is 0 Å². The third kappa shape index (κ3) is 4.33. The van der Waals surface area contributed by atoms with Crippen molar-refractivity contribution < 1.29 is 9.59 Å². The van der Waals surface area contributed by atoms with E-state index in [1.54, 1.807) is 17.0 Å². The molecule has 2 aromatic rings. The van der Waals surface area contributed by atoms with Crippen LogP contribution >= 0.6 is 0 Å². The fraction of sp³-hybridized carbons (Fsp3) is 0.300. The Morgan fingerprint density at radius 1 is 1.08 bits per heavy atom. The molecule has 136 valence electrons. The summed E-state index contributed by atoms with van der Waals surface area (Å²) in [5.41, 5.74) is 8.65. The largest absolute Gasteiger partial charge is 0.399 e. The first-order valence-corrected chi connectivity index (χ1v) is 8.81. The molecule has 0 spiro atoms. The highest BCUT2D eigenvalue weighted by molar-refractivity contribution is 5.96. The number of aryl methyl sites for hydroxylation is 1. The fourth-order valence-electron chi connectivity index (χ4n) is 3.10. The molecule has 1 saturated heterocycles. The van der Waals surface area contributed by atoms with Crippen LogP contribution in [-0.4, -0.2) is 36.0 Å². The molecule has 6 nitrogen and oxygen atoms in total. The molecule has 4 N–H and O–H groups in total. The number of urea groups is 1. The van der Waals surface area contributed by atoms with Gasteiger partial charge in [0.15, 0.2) is 0 Å². The topological polar surface area (TPSA) is 87.5 Å². The van der Waals surface area contributed by atoms with E-state index in [4.69, 9.17) is 5.73 Å². The van der Waals surface area contributed by atoms with E-state index in [0.29, 0.717) is 24.3 Å². The Morgan fingerprint density at radius 3 is 2.46 bits per heavy atom. The maximum Gasteiger partial charge on any atom is 0.321 e. The number of anilines is 2. The number of nitrogens with zero attached hydrogens (tertiary/aromatic N) is 1. The monoisotopic (exact) mass is 352 g/mol. The molecule has 3 amide bonds. The van der Waals surface area contributed by atoms with Crippen LogP contribution in [0.4, 0.5) is 16.2 Å². The summed E-state index contributed by atoms with van der Waals surface area (Å²) >= 11 is 0. The molecule has 0 aromatic heterocycles. The number of benzene rings is 2. The van der Waals surface area contributed by atoms with Crippen molar-refractivity contribution in [2.24, 2.45) is 0 Å². The number of para-hydroxylation sites is 1. The lowest BCUT2D eigenvalue weighted by Crippen LogP contribution is -2.47. The van der Waals surface area contributed by atoms with Crippen LogP contribution in [0.15, 0.2) is 48.5 Å². The number of hydrogen-bond donors (Lipinski definition) is 3. The maximum atomic E-state index is 12.5. The first kappa shape index (κ1) is 17.8. The highest BCUT2D eigenvalue weighted by atomic mass is 16.2. The number of hydrogen-bond acceptors (Lipinski definition) is 3. The standard InChI is InChI=1S/C20H24N4O2/c1-14-7-8-15(21)13-18(14)19(25)22-17-9-11-24(12-10-17)20(26)23-16-5-3-2-4-6-16/h2-8,13,17H,9-12,21H2,1H3,(H,22,25)(H,23,26). The summed E-state index contributed by atoms with van der Waals surface area (Å²) in [6, 6.07) is 14.7. The minimum absolute atomic E-state index is 0.0594. The Hall–Kier alpha value is -3.02. The van der Waals surface area contributed by atoms with Crippen LogP contribution in [0.5, 0.6) is 0 Å². The highest BCUT2D eigenvalue weighted by Crippen LogP contribution is 2.16. The van der Waals surface area contributed by atoms with E-state index in [1.165, 1.54) is 0 Å². The van der Waals surface area contributed by atoms with E-state index >= 15 is 0 Å². The molecule has 0 saturated carbocycles. The van der Waals surface area contributed by atoms with E-state index in [-0.39, 0.29) is 18.0 Å². The summed E-state index contributed by atoms with van der Waals surface area (Å²) in [5, 5.41) is 5.95. The third-order valence-electron chi connectivity index (χ3n) is 4.65. The van der Waals surface area contributed by atoms with E-state index in [1.807, 2.05) is 43.3 Å². The van der Waals surface area contributed by atoms with Gasteiger partial charge in [0.05, 0.1) is 0 Å². The average Bonchev–Trinajstić information content (AvgIpc) is 2.65. The number of nitrogens with two attached hydrogens (primary N) is 1. The number of likely N-dealkylation sites (tertiary alicyclic amines) is 1. The van der Waals surface area contributed by atoms with Gasteiger partial charge in [-0.2, -0.15) is 0 Å². The molecule has 2 aromatic carbocycles. The fourth-order valence-corrected chi connectivity index (χ4v) is 3.10. The van der Waals surface area contributed by atoms with Crippen molar-refractivity contribution >= 4 is 23.3 Å². The smallest absolute Gasteiger partial charge is 0.321 e. The van der Waals surface area contributed by atoms with Crippen LogP contribution in [-0.2, 0) is 0 Å². The van der Waals surface area contributed by atoms with E-state index in [2.05, 4.69) is 10.6 Å². The Balaban J connectivity index is 1.51. The van der Waals surface area contributed by atoms with Gasteiger partial charge < -0.3 is 21.3 Å². The molecule has 1 heterocycles. The predicted molar refractivity (Wildman–Crippen MR) is 103 cm³/mol. The summed E-state index contributed by atoms with van der Waals surface area (Å²) in [7, 11) is 0. The minimum Gasteiger partial charge on any atom is -0.399 e. The minimum atomic E-state index is -0.109. The zero-order valence-corrected chi connectivity index (χ0v) is 14.9. The molecule has 0 unspecified atom stereocenters. The first-order chi connectivity index (χ1) is 12.5. The van der Waals surface area contributed by atoms with Gasteiger partial charge in [0.25, 0.3) is 5.91 Å². The van der Waals surface area contributed by atoms with Crippen molar-refractivity contribution in [2.75, 3.05) is 24.1 Å². The van der Waals surface area contributed by atoms with E-state index in [9.17, 15) is 9.59 Å². The number of rotatable bonds is 3. The first-order valence-electron chi connectivity index (χ1n) is 8.81. The van der Waals surface area contributed by atoms with E-state index in [0.717, 1.165) is 24.1 Å². The predicted octanol–water partition coefficient (Wildman–Crippen LogP) is 3.00. The molecule has 6 heteroatoms. The molecule has 0 bridgehead atoms. The van der Waals surface area contributed by atoms with Gasteiger partial charge >= 0.3 is 6.03 Å². The normalized spacial score (nSPS) is 14.7. The Labute approximate surface area is 153 Å². The molecule has 26 heavy (non-hydrogen) atoms. The summed E-state index contributed by atoms with van der Waals surface area (Å²) in [6.07, 6.45) is 1.46. The van der Waals surface area contributed by atoms with Crippen molar-refractivity contribution in [3.05, 3.63) is 59.7 Å². The molecule has 3 rings (SSSR count). The van der Waals surface area contributed by atoms with Crippen LogP contribution in [0, 0.1) is 6.92 Å². The molecular formula is C20H24N4O2. The third-order valence-corrected chi connectivity index (χ3v) is 4.65. The molecular weight excluding hydrogens is 328 g/mol. The Kier molecular flexibility index (Phi) is 5.41. The number of nitrogen functional groups attached to an aromatic ring is 1. The average molecular weight is 352 g/mol. The molecule has 1 fully saturated rings. The lowest BCUT2D eigenvalue weighted by Gasteiger charge is -2.32. The van der Waals surface area contributed by atoms with Gasteiger partial charge in [-0.25, -0.2) is 4.79 Å². The summed E-state index contributed by atoms with van der Waals surface area (Å²) in [5.74, 6) is -0.109. The Morgan fingerprint density at radius 2 is 1.77 bits per heavy atom. The second-order valence-corrected chi connectivity index (χ2v) is 6.61. The summed E-state index contributed by atoms with van der Waals surface area (Å²) in [4.78, 5) is 26.6. The van der Waals surface area contributed by atoms with Crippen molar-refractivity contribution in [3.8, 4) is 0 Å². The van der Waals surface area contributed by atoms with Crippen LogP contribution < -0.4 is 16.4 Å². The van der Waals surface area contributed by atoms with Gasteiger partial charge in [0.1, 0.15) is 0 Å². The molecule has 1 aliphatic heterocycles. The van der Waals surface area contributed by atoms with Crippen molar-refractivity contribution in [1.82, 2.24) is 10.2 Å². The van der Waals surface area contributed by atoms with Crippen molar-refractivity contribution in [3.63, 3.8) is 0 Å². The van der Waals surface area contributed by atoms with Gasteiger partial charge in [-0.1, -0.05) is 24.3 Å². The zero-order valence-electron chi connectivity index (χ0n) is 14.9. The van der Waals surface area contributed by atoms with Gasteiger partial charge in [0, 0.05) is 36.1 Å². The highest BCUT2D eigenvalue weighted by Gasteiger charge is 2.24. The number of nitrogens with one attached hydrogen (secondary N) is 2. The molecule has 0 radical (unpaired) electrons. The number of piperidine rings is 1. The second-order valence-electron chi connectivity index (χ2n) is 6.61. The van der Waals surface area contributed by atoms with E-state index < -0.39 is 0 Å². The molecule has 1 aliphatic rings. The second kappa shape index (κ2) is 7.91. The Bertz CT molecular complexity index is 784. The number of amides is 3. The quantitative estimate of drug-likeness (QED) is 0.742. The summed E-state index contributed by atoms with van der Waals surface area (Å²) < 4.78 is 0. The van der Waals surface area contributed by atoms with Gasteiger partial charge in [-0.05, 0) is 49.6 Å². The van der Waals surface area contributed by atoms with Crippen molar-refractivity contribution in [1.29, 1.82) is 0 Å². The number of carbonyl (C=O) groups excluding carboxylic acids is 2. The van der Waals surface area contributed by atoms with Crippen LogP contribution in [0.2, 0.25) is 0 Å². The van der Waals surface area contributed by atoms with Crippen molar-refractivity contribution in [2.45, 2.75) is 25.8 Å². The van der Waals surface area contributed by atoms with Gasteiger partial charge in [0.2, 0.25) is 0 Å². The SMILES string of the molecule is Cc1ccc(N)cc1C(=O)NC1CCN(C(=O)Nc2ccccc2)CC1. The molecule has 0 atom stereocenters. The lowest BCUT2D eigenvalue weighted by molar-refractivity contribution is 0.0918. The van der Waals surface area contributed by atoms with Gasteiger partial charge in [-0.3, -0.25) is 4.79 Å².